The lowest BCUT2D eigenvalue weighted by Crippen LogP contribution is -1.96. The molecule has 0 spiro atoms. The third-order valence-electron chi connectivity index (χ3n) is 1.50. The molecular formula is C7H5BrClF2NO. The van der Waals surface area contributed by atoms with Gasteiger partial charge in [0, 0.05) is 10.9 Å². The van der Waals surface area contributed by atoms with Crippen molar-refractivity contribution in [3.8, 4) is 5.75 Å². The standard InChI is InChI=1S/C7H5BrClF2NO/c8-1-3-5(7(10)11)4(13)2-12-6(3)9/h2,7,13H,1H2. The number of halogens is 4. The third kappa shape index (κ3) is 2.08. The smallest absolute Gasteiger partial charge is 0.267 e. The van der Waals surface area contributed by atoms with Crippen molar-refractivity contribution in [2.75, 3.05) is 0 Å². The fraction of sp³-hybridized carbons (Fsp3) is 0.286. The molecule has 0 aliphatic carbocycles. The van der Waals surface area contributed by atoms with Crippen LogP contribution in [0.25, 0.3) is 0 Å². The van der Waals surface area contributed by atoms with E-state index in [0.717, 1.165) is 6.20 Å². The minimum atomic E-state index is -2.76. The van der Waals surface area contributed by atoms with Crippen LogP contribution in [0.3, 0.4) is 0 Å². The summed E-state index contributed by atoms with van der Waals surface area (Å²) in [5, 5.41) is 9.20. The Kier molecular flexibility index (Phi) is 3.44. The number of hydrogen-bond acceptors (Lipinski definition) is 2. The highest BCUT2D eigenvalue weighted by Crippen LogP contribution is 2.34. The molecule has 0 fully saturated rings. The van der Waals surface area contributed by atoms with Gasteiger partial charge in [-0.15, -0.1) is 0 Å². The van der Waals surface area contributed by atoms with E-state index >= 15 is 0 Å². The van der Waals surface area contributed by atoms with Crippen molar-refractivity contribution in [3.63, 3.8) is 0 Å². The maximum atomic E-state index is 12.4. The molecule has 0 aliphatic heterocycles. The Morgan fingerprint density at radius 2 is 2.23 bits per heavy atom. The summed E-state index contributed by atoms with van der Waals surface area (Å²) in [6, 6.07) is 0. The van der Waals surface area contributed by atoms with E-state index in [2.05, 4.69) is 20.9 Å². The van der Waals surface area contributed by atoms with E-state index < -0.39 is 17.7 Å². The Labute approximate surface area is 86.7 Å². The Morgan fingerprint density at radius 1 is 1.62 bits per heavy atom. The highest BCUT2D eigenvalue weighted by atomic mass is 79.9. The fourth-order valence-electron chi connectivity index (χ4n) is 0.902. The summed E-state index contributed by atoms with van der Waals surface area (Å²) >= 11 is 8.55. The second-order valence-electron chi connectivity index (χ2n) is 2.26. The summed E-state index contributed by atoms with van der Waals surface area (Å²) in [5.41, 5.74) is -0.339. The number of aromatic nitrogens is 1. The zero-order chi connectivity index (χ0) is 10.0. The first-order valence-electron chi connectivity index (χ1n) is 3.28. The molecule has 0 atom stereocenters. The number of alkyl halides is 3. The van der Waals surface area contributed by atoms with Crippen LogP contribution in [0, 0.1) is 0 Å². The first-order valence-corrected chi connectivity index (χ1v) is 4.78. The van der Waals surface area contributed by atoms with Gasteiger partial charge in [0.25, 0.3) is 6.43 Å². The molecule has 1 N–H and O–H groups in total. The van der Waals surface area contributed by atoms with Crippen LogP contribution in [-0.2, 0) is 5.33 Å². The largest absolute Gasteiger partial charge is 0.506 e. The van der Waals surface area contributed by atoms with E-state index in [-0.39, 0.29) is 16.0 Å². The van der Waals surface area contributed by atoms with Gasteiger partial charge in [0.1, 0.15) is 10.9 Å². The van der Waals surface area contributed by atoms with Crippen LogP contribution >= 0.6 is 27.5 Å². The SMILES string of the molecule is Oc1cnc(Cl)c(CBr)c1C(F)F. The van der Waals surface area contributed by atoms with Gasteiger partial charge in [-0.05, 0) is 0 Å². The lowest BCUT2D eigenvalue weighted by atomic mass is 10.1. The zero-order valence-corrected chi connectivity index (χ0v) is 8.61. The molecule has 0 aliphatic rings. The summed E-state index contributed by atoms with van der Waals surface area (Å²) in [6.45, 7) is 0. The Bertz CT molecular complexity index is 322. The average Bonchev–Trinajstić information content (AvgIpc) is 2.07. The van der Waals surface area contributed by atoms with Crippen molar-refractivity contribution in [3.05, 3.63) is 22.5 Å². The number of nitrogens with zero attached hydrogens (tertiary/aromatic N) is 1. The predicted octanol–water partition coefficient (Wildman–Crippen LogP) is 3.27. The van der Waals surface area contributed by atoms with E-state index in [0.29, 0.717) is 0 Å². The van der Waals surface area contributed by atoms with Crippen LogP contribution in [0.2, 0.25) is 5.15 Å². The Hall–Kier alpha value is -0.420. The number of hydrogen-bond donors (Lipinski definition) is 1. The first kappa shape index (κ1) is 10.7. The van der Waals surface area contributed by atoms with Crippen LogP contribution in [0.5, 0.6) is 5.75 Å². The van der Waals surface area contributed by atoms with Crippen LogP contribution in [0.15, 0.2) is 6.20 Å². The van der Waals surface area contributed by atoms with Gasteiger partial charge in [-0.1, -0.05) is 27.5 Å². The minimum Gasteiger partial charge on any atom is -0.506 e. The molecule has 0 saturated heterocycles. The molecular weight excluding hydrogens is 267 g/mol. The van der Waals surface area contributed by atoms with E-state index in [1.165, 1.54) is 0 Å². The summed E-state index contributed by atoms with van der Waals surface area (Å²) in [5.74, 6) is -0.533. The molecule has 1 rings (SSSR count). The third-order valence-corrected chi connectivity index (χ3v) is 2.39. The van der Waals surface area contributed by atoms with Gasteiger partial charge in [-0.2, -0.15) is 0 Å². The topological polar surface area (TPSA) is 33.1 Å². The second kappa shape index (κ2) is 4.19. The lowest BCUT2D eigenvalue weighted by Gasteiger charge is -2.08. The molecule has 1 heterocycles. The molecule has 6 heteroatoms. The number of aromatic hydroxyl groups is 1. The summed E-state index contributed by atoms with van der Waals surface area (Å²) in [4.78, 5) is 3.54. The van der Waals surface area contributed by atoms with Gasteiger partial charge in [0.2, 0.25) is 0 Å². The minimum absolute atomic E-state index is 0.0232. The van der Waals surface area contributed by atoms with Gasteiger partial charge < -0.3 is 5.11 Å². The Balaban J connectivity index is 3.35. The maximum Gasteiger partial charge on any atom is 0.267 e. The van der Waals surface area contributed by atoms with Gasteiger partial charge >= 0.3 is 0 Å². The Morgan fingerprint density at radius 3 is 2.62 bits per heavy atom. The van der Waals surface area contributed by atoms with E-state index in [1.807, 2.05) is 0 Å². The predicted molar refractivity (Wildman–Crippen MR) is 48.5 cm³/mol. The van der Waals surface area contributed by atoms with Crippen LogP contribution in [0.1, 0.15) is 17.6 Å². The molecule has 0 bridgehead atoms. The van der Waals surface area contributed by atoms with Gasteiger partial charge in [-0.3, -0.25) is 0 Å². The molecule has 72 valence electrons. The molecule has 2 nitrogen and oxygen atoms in total. The van der Waals surface area contributed by atoms with E-state index in [9.17, 15) is 8.78 Å². The fourth-order valence-corrected chi connectivity index (χ4v) is 1.85. The van der Waals surface area contributed by atoms with Crippen molar-refractivity contribution in [1.82, 2.24) is 4.98 Å². The number of pyridine rings is 1. The zero-order valence-electron chi connectivity index (χ0n) is 6.27. The van der Waals surface area contributed by atoms with Crippen molar-refractivity contribution in [2.45, 2.75) is 11.8 Å². The summed E-state index contributed by atoms with van der Waals surface area (Å²) < 4.78 is 24.8. The van der Waals surface area contributed by atoms with Crippen molar-refractivity contribution < 1.29 is 13.9 Å². The second-order valence-corrected chi connectivity index (χ2v) is 3.18. The molecule has 0 radical (unpaired) electrons. The van der Waals surface area contributed by atoms with Crippen LogP contribution in [-0.4, -0.2) is 10.1 Å². The van der Waals surface area contributed by atoms with Crippen LogP contribution in [0.4, 0.5) is 8.78 Å². The van der Waals surface area contributed by atoms with E-state index in [4.69, 9.17) is 16.7 Å². The highest BCUT2D eigenvalue weighted by Gasteiger charge is 2.20. The summed E-state index contributed by atoms with van der Waals surface area (Å²) in [7, 11) is 0. The molecule has 0 aromatic carbocycles. The summed E-state index contributed by atoms with van der Waals surface area (Å²) in [6.07, 6.45) is -1.84. The average molecular weight is 272 g/mol. The lowest BCUT2D eigenvalue weighted by molar-refractivity contribution is 0.146. The maximum absolute atomic E-state index is 12.4. The van der Waals surface area contributed by atoms with Crippen molar-refractivity contribution in [1.29, 1.82) is 0 Å². The van der Waals surface area contributed by atoms with Crippen molar-refractivity contribution in [2.24, 2.45) is 0 Å². The highest BCUT2D eigenvalue weighted by molar-refractivity contribution is 9.08. The quantitative estimate of drug-likeness (QED) is 0.662. The molecule has 0 saturated carbocycles. The van der Waals surface area contributed by atoms with Crippen molar-refractivity contribution >= 4 is 27.5 Å². The van der Waals surface area contributed by atoms with E-state index in [1.54, 1.807) is 0 Å². The normalized spacial score (nSPS) is 10.8. The van der Waals surface area contributed by atoms with Gasteiger partial charge in [0.05, 0.1) is 11.8 Å². The monoisotopic (exact) mass is 271 g/mol. The molecule has 0 amide bonds. The first-order chi connectivity index (χ1) is 6.07. The van der Waals surface area contributed by atoms with Crippen LogP contribution < -0.4 is 0 Å². The number of rotatable bonds is 2. The van der Waals surface area contributed by atoms with Gasteiger partial charge in [-0.25, -0.2) is 13.8 Å². The molecule has 0 unspecified atom stereocenters. The molecule has 13 heavy (non-hydrogen) atoms. The molecule has 1 aromatic heterocycles. The molecule has 1 aromatic rings. The van der Waals surface area contributed by atoms with Gasteiger partial charge in [0.15, 0.2) is 0 Å².